The van der Waals surface area contributed by atoms with E-state index in [1.807, 2.05) is 19.9 Å². The maximum atomic E-state index is 11.0. The lowest BCUT2D eigenvalue weighted by Gasteiger charge is -2.16. The van der Waals surface area contributed by atoms with Crippen molar-refractivity contribution in [3.8, 4) is 6.07 Å². The number of nitrogens with zero attached hydrogens (tertiary/aromatic N) is 2. The third kappa shape index (κ3) is 4.11. The van der Waals surface area contributed by atoms with Crippen molar-refractivity contribution in [3.05, 3.63) is 23.9 Å². The van der Waals surface area contributed by atoms with Crippen LogP contribution in [0, 0.1) is 17.2 Å². The molecule has 1 aromatic heterocycles. The minimum Gasteiger partial charge on any atom is -0.480 e. The van der Waals surface area contributed by atoms with E-state index in [0.29, 0.717) is 17.8 Å². The van der Waals surface area contributed by atoms with Gasteiger partial charge in [0.25, 0.3) is 0 Å². The number of aromatic nitrogens is 1. The summed E-state index contributed by atoms with van der Waals surface area (Å²) >= 11 is 0. The predicted octanol–water partition coefficient (Wildman–Crippen LogP) is 1.86. The van der Waals surface area contributed by atoms with Crippen molar-refractivity contribution in [2.75, 3.05) is 5.32 Å². The Hall–Kier alpha value is -2.09. The summed E-state index contributed by atoms with van der Waals surface area (Å²) in [5.41, 5.74) is 0.450. The summed E-state index contributed by atoms with van der Waals surface area (Å²) in [5.74, 6) is -0.149. The van der Waals surface area contributed by atoms with E-state index in [1.165, 1.54) is 6.20 Å². The number of carbonyl (C=O) groups is 1. The van der Waals surface area contributed by atoms with Crippen molar-refractivity contribution in [2.45, 2.75) is 26.3 Å². The van der Waals surface area contributed by atoms with Gasteiger partial charge in [0.05, 0.1) is 5.56 Å². The van der Waals surface area contributed by atoms with Gasteiger partial charge in [-0.15, -0.1) is 0 Å². The molecule has 1 heterocycles. The molecule has 2 N–H and O–H groups in total. The molecule has 0 fully saturated rings. The van der Waals surface area contributed by atoms with Crippen molar-refractivity contribution in [3.63, 3.8) is 0 Å². The Kier molecular flexibility index (Phi) is 4.46. The minimum atomic E-state index is -0.898. The number of nitrogens with one attached hydrogen (secondary N) is 1. The van der Waals surface area contributed by atoms with E-state index in [2.05, 4.69) is 10.3 Å². The molecular formula is C12H15N3O2. The molecule has 5 nitrogen and oxygen atoms in total. The van der Waals surface area contributed by atoms with Crippen LogP contribution < -0.4 is 5.32 Å². The van der Waals surface area contributed by atoms with Crippen LogP contribution >= 0.6 is 0 Å². The quantitative estimate of drug-likeness (QED) is 0.810. The summed E-state index contributed by atoms with van der Waals surface area (Å²) in [5, 5.41) is 20.5. The zero-order chi connectivity index (χ0) is 12.8. The van der Waals surface area contributed by atoms with Gasteiger partial charge < -0.3 is 10.4 Å². The number of carboxylic acids is 1. The molecule has 0 bridgehead atoms. The monoisotopic (exact) mass is 233 g/mol. The summed E-state index contributed by atoms with van der Waals surface area (Å²) < 4.78 is 0. The molecule has 90 valence electrons. The third-order valence-corrected chi connectivity index (χ3v) is 2.22. The maximum Gasteiger partial charge on any atom is 0.326 e. The fourth-order valence-corrected chi connectivity index (χ4v) is 1.42. The van der Waals surface area contributed by atoms with Gasteiger partial charge in [0.1, 0.15) is 17.9 Å². The summed E-state index contributed by atoms with van der Waals surface area (Å²) in [6.45, 7) is 3.92. The molecule has 1 atom stereocenters. The normalized spacial score (nSPS) is 11.9. The lowest BCUT2D eigenvalue weighted by Crippen LogP contribution is -2.31. The molecule has 0 aromatic carbocycles. The van der Waals surface area contributed by atoms with E-state index in [0.717, 1.165) is 0 Å². The summed E-state index contributed by atoms with van der Waals surface area (Å²) in [6.07, 6.45) is 1.94. The van der Waals surface area contributed by atoms with Crippen molar-refractivity contribution in [1.82, 2.24) is 4.98 Å². The molecule has 0 saturated carbocycles. The molecule has 0 spiro atoms. The highest BCUT2D eigenvalue weighted by Gasteiger charge is 2.18. The highest BCUT2D eigenvalue weighted by molar-refractivity contribution is 5.76. The number of hydrogen-bond donors (Lipinski definition) is 2. The van der Waals surface area contributed by atoms with Crippen LogP contribution in [0.15, 0.2) is 18.3 Å². The number of nitriles is 1. The zero-order valence-corrected chi connectivity index (χ0v) is 9.84. The number of pyridine rings is 1. The van der Waals surface area contributed by atoms with Gasteiger partial charge in [0.2, 0.25) is 0 Å². The minimum absolute atomic E-state index is 0.280. The topological polar surface area (TPSA) is 86.0 Å². The first-order valence-corrected chi connectivity index (χ1v) is 5.38. The number of anilines is 1. The first-order chi connectivity index (χ1) is 8.02. The van der Waals surface area contributed by atoms with Gasteiger partial charge in [-0.05, 0) is 24.5 Å². The molecule has 0 radical (unpaired) electrons. The molecule has 0 aliphatic heterocycles. The Morgan fingerprint density at radius 1 is 1.59 bits per heavy atom. The number of rotatable bonds is 5. The Morgan fingerprint density at radius 2 is 2.29 bits per heavy atom. The number of carboxylic acid groups (broad SMARTS) is 1. The molecule has 0 amide bonds. The van der Waals surface area contributed by atoms with Crippen molar-refractivity contribution >= 4 is 11.8 Å². The van der Waals surface area contributed by atoms with E-state index in [4.69, 9.17) is 10.4 Å². The van der Waals surface area contributed by atoms with Gasteiger partial charge >= 0.3 is 5.97 Å². The smallest absolute Gasteiger partial charge is 0.326 e. The second-order valence-corrected chi connectivity index (χ2v) is 4.21. The van der Waals surface area contributed by atoms with E-state index in [9.17, 15) is 4.79 Å². The molecular weight excluding hydrogens is 218 g/mol. The SMILES string of the molecule is CC(C)CC(Nc1ccc(C#N)cn1)C(=O)O. The Labute approximate surface area is 100 Å². The summed E-state index contributed by atoms with van der Waals surface area (Å²) in [6, 6.07) is 4.51. The van der Waals surface area contributed by atoms with Crippen LogP contribution in [-0.2, 0) is 4.79 Å². The first kappa shape index (κ1) is 13.0. The van der Waals surface area contributed by atoms with Gasteiger partial charge in [-0.25, -0.2) is 9.78 Å². The van der Waals surface area contributed by atoms with E-state index in [1.54, 1.807) is 12.1 Å². The van der Waals surface area contributed by atoms with Crippen molar-refractivity contribution < 1.29 is 9.90 Å². The number of aliphatic carboxylic acids is 1. The summed E-state index contributed by atoms with van der Waals surface area (Å²) in [7, 11) is 0. The van der Waals surface area contributed by atoms with E-state index in [-0.39, 0.29) is 5.92 Å². The van der Waals surface area contributed by atoms with Crippen LogP contribution in [0.25, 0.3) is 0 Å². The third-order valence-electron chi connectivity index (χ3n) is 2.22. The average Bonchev–Trinajstić information content (AvgIpc) is 2.28. The molecule has 17 heavy (non-hydrogen) atoms. The summed E-state index contributed by atoms with van der Waals surface area (Å²) in [4.78, 5) is 15.0. The van der Waals surface area contributed by atoms with Crippen LogP contribution in [-0.4, -0.2) is 22.1 Å². The van der Waals surface area contributed by atoms with Gasteiger partial charge in [-0.2, -0.15) is 5.26 Å². The zero-order valence-electron chi connectivity index (χ0n) is 9.84. The molecule has 0 saturated heterocycles. The lowest BCUT2D eigenvalue weighted by molar-refractivity contribution is -0.138. The Balaban J connectivity index is 2.72. The van der Waals surface area contributed by atoms with Crippen molar-refractivity contribution in [2.24, 2.45) is 5.92 Å². The fourth-order valence-electron chi connectivity index (χ4n) is 1.42. The Morgan fingerprint density at radius 3 is 2.71 bits per heavy atom. The predicted molar refractivity (Wildman–Crippen MR) is 63.5 cm³/mol. The highest BCUT2D eigenvalue weighted by atomic mass is 16.4. The van der Waals surface area contributed by atoms with Gasteiger partial charge in [-0.3, -0.25) is 0 Å². The second kappa shape index (κ2) is 5.85. The van der Waals surface area contributed by atoms with Crippen LogP contribution in [0.5, 0.6) is 0 Å². The molecule has 1 rings (SSSR count). The van der Waals surface area contributed by atoms with Gasteiger partial charge in [-0.1, -0.05) is 13.8 Å². The standard InChI is InChI=1S/C12H15N3O2/c1-8(2)5-10(12(16)17)15-11-4-3-9(6-13)7-14-11/h3-4,7-8,10H,5H2,1-2H3,(H,14,15)(H,16,17). The van der Waals surface area contributed by atoms with Crippen LogP contribution in [0.3, 0.4) is 0 Å². The van der Waals surface area contributed by atoms with Crippen LogP contribution in [0.2, 0.25) is 0 Å². The largest absolute Gasteiger partial charge is 0.480 e. The number of hydrogen-bond acceptors (Lipinski definition) is 4. The molecule has 1 unspecified atom stereocenters. The molecule has 0 aliphatic rings. The molecule has 5 heteroatoms. The van der Waals surface area contributed by atoms with Gasteiger partial charge in [0, 0.05) is 6.20 Å². The average molecular weight is 233 g/mol. The molecule has 0 aliphatic carbocycles. The van der Waals surface area contributed by atoms with Gasteiger partial charge in [0.15, 0.2) is 0 Å². The lowest BCUT2D eigenvalue weighted by atomic mass is 10.0. The fraction of sp³-hybridized carbons (Fsp3) is 0.417. The highest BCUT2D eigenvalue weighted by Crippen LogP contribution is 2.11. The van der Waals surface area contributed by atoms with E-state index >= 15 is 0 Å². The van der Waals surface area contributed by atoms with Crippen LogP contribution in [0.1, 0.15) is 25.8 Å². The maximum absolute atomic E-state index is 11.0. The molecule has 1 aromatic rings. The van der Waals surface area contributed by atoms with E-state index < -0.39 is 12.0 Å². The Bertz CT molecular complexity index is 420. The first-order valence-electron chi connectivity index (χ1n) is 5.38. The second-order valence-electron chi connectivity index (χ2n) is 4.21. The van der Waals surface area contributed by atoms with Crippen molar-refractivity contribution in [1.29, 1.82) is 5.26 Å². The van der Waals surface area contributed by atoms with Crippen LogP contribution in [0.4, 0.5) is 5.82 Å².